The number of nitrogens with one attached hydrogen (secondary N) is 2. The summed E-state index contributed by atoms with van der Waals surface area (Å²) in [6.45, 7) is 1.56. The fourth-order valence-corrected chi connectivity index (χ4v) is 1.96. The van der Waals surface area contributed by atoms with Crippen molar-refractivity contribution in [3.63, 3.8) is 0 Å². The molecule has 1 atom stereocenters. The Labute approximate surface area is 126 Å². The van der Waals surface area contributed by atoms with Crippen molar-refractivity contribution in [3.8, 4) is 0 Å². The number of anilines is 1. The molecule has 0 aliphatic rings. The summed E-state index contributed by atoms with van der Waals surface area (Å²) < 4.78 is 37.9. The third-order valence-corrected chi connectivity index (χ3v) is 3.23. The Balaban J connectivity index is 2.84. The first-order valence-electron chi connectivity index (χ1n) is 5.82. The molecule has 1 aromatic carbocycles. The lowest BCUT2D eigenvalue weighted by atomic mass is 10.2. The summed E-state index contributed by atoms with van der Waals surface area (Å²) in [6, 6.07) is 1.17. The molecule has 0 aromatic heterocycles. The number of amides is 2. The second-order valence-corrected chi connectivity index (χ2v) is 4.94. The Morgan fingerprint density at radius 3 is 2.48 bits per heavy atom. The highest BCUT2D eigenvalue weighted by Gasteiger charge is 2.33. The van der Waals surface area contributed by atoms with Crippen molar-refractivity contribution < 1.29 is 27.9 Å². The summed E-state index contributed by atoms with van der Waals surface area (Å²) in [7, 11) is 0. The average Bonchev–Trinajstić information content (AvgIpc) is 2.36. The van der Waals surface area contributed by atoms with Gasteiger partial charge in [-0.2, -0.15) is 13.2 Å². The molecule has 0 bridgehead atoms. The number of benzene rings is 1. The van der Waals surface area contributed by atoms with E-state index in [0.717, 1.165) is 12.1 Å². The van der Waals surface area contributed by atoms with Gasteiger partial charge < -0.3 is 15.7 Å². The smallest absolute Gasteiger partial charge is 0.417 e. The van der Waals surface area contributed by atoms with Gasteiger partial charge in [0.1, 0.15) is 6.04 Å². The van der Waals surface area contributed by atoms with Crippen molar-refractivity contribution in [3.05, 3.63) is 28.2 Å². The lowest BCUT2D eigenvalue weighted by Gasteiger charge is -2.15. The fraction of sp³-hybridized carbons (Fsp3) is 0.333. The van der Waals surface area contributed by atoms with Gasteiger partial charge in [0.2, 0.25) is 0 Å². The monoisotopic (exact) mass is 368 g/mol. The van der Waals surface area contributed by atoms with Crippen LogP contribution in [0.15, 0.2) is 22.7 Å². The van der Waals surface area contributed by atoms with Crippen LogP contribution >= 0.6 is 15.9 Å². The van der Waals surface area contributed by atoms with Crippen LogP contribution in [0.25, 0.3) is 0 Å². The molecule has 1 aromatic rings. The molecule has 0 fully saturated rings. The molecule has 116 valence electrons. The van der Waals surface area contributed by atoms with E-state index in [-0.39, 0.29) is 16.6 Å². The van der Waals surface area contributed by atoms with Gasteiger partial charge in [0.25, 0.3) is 0 Å². The molecule has 0 unspecified atom stereocenters. The summed E-state index contributed by atoms with van der Waals surface area (Å²) in [6.07, 6.45) is -4.42. The van der Waals surface area contributed by atoms with E-state index in [9.17, 15) is 22.8 Å². The number of hydrogen-bond donors (Lipinski definition) is 3. The first kappa shape index (κ1) is 17.3. The second kappa shape index (κ2) is 6.79. The van der Waals surface area contributed by atoms with Crippen LogP contribution < -0.4 is 10.6 Å². The molecule has 1 rings (SSSR count). The lowest BCUT2D eigenvalue weighted by molar-refractivity contribution is -0.139. The molecule has 0 heterocycles. The first-order chi connectivity index (χ1) is 9.65. The van der Waals surface area contributed by atoms with Crippen molar-refractivity contribution in [2.75, 3.05) is 5.32 Å². The first-order valence-corrected chi connectivity index (χ1v) is 6.61. The van der Waals surface area contributed by atoms with E-state index in [1.165, 1.54) is 6.07 Å². The summed E-state index contributed by atoms with van der Waals surface area (Å²) in [5, 5.41) is 13.1. The fourth-order valence-electron chi connectivity index (χ4n) is 1.48. The predicted octanol–water partition coefficient (Wildman–Crippen LogP) is 3.45. The summed E-state index contributed by atoms with van der Waals surface area (Å²) in [5.74, 6) is -1.22. The van der Waals surface area contributed by atoms with Crippen molar-refractivity contribution >= 4 is 33.6 Å². The highest BCUT2D eigenvalue weighted by molar-refractivity contribution is 9.10. The number of hydrogen-bond acceptors (Lipinski definition) is 2. The van der Waals surface area contributed by atoms with Gasteiger partial charge in [-0.15, -0.1) is 0 Å². The number of carbonyl (C=O) groups is 2. The number of urea groups is 1. The quantitative estimate of drug-likeness (QED) is 0.761. The van der Waals surface area contributed by atoms with Crippen LogP contribution in [0, 0.1) is 0 Å². The maximum absolute atomic E-state index is 12.7. The molecule has 0 radical (unpaired) electrons. The number of rotatable bonds is 4. The third-order valence-electron chi connectivity index (χ3n) is 2.54. The van der Waals surface area contributed by atoms with Gasteiger partial charge >= 0.3 is 18.2 Å². The van der Waals surface area contributed by atoms with E-state index in [1.54, 1.807) is 6.92 Å². The van der Waals surface area contributed by atoms with Crippen LogP contribution in [0.5, 0.6) is 0 Å². The number of carboxylic acids is 1. The Morgan fingerprint density at radius 1 is 1.38 bits per heavy atom. The lowest BCUT2D eigenvalue weighted by Crippen LogP contribution is -2.42. The number of carbonyl (C=O) groups excluding carboxylic acids is 1. The third kappa shape index (κ3) is 4.92. The molecule has 9 heteroatoms. The van der Waals surface area contributed by atoms with Gasteiger partial charge in [-0.3, -0.25) is 0 Å². The zero-order chi connectivity index (χ0) is 16.2. The number of alkyl halides is 3. The van der Waals surface area contributed by atoms with Crippen LogP contribution in [0.2, 0.25) is 0 Å². The van der Waals surface area contributed by atoms with Crippen LogP contribution in [0.1, 0.15) is 18.9 Å². The SMILES string of the molecule is CC[C@@H](NC(=O)Nc1ccc(Br)c(C(F)(F)F)c1)C(=O)O. The van der Waals surface area contributed by atoms with Gasteiger partial charge in [-0.1, -0.05) is 22.9 Å². The van der Waals surface area contributed by atoms with Gasteiger partial charge in [-0.25, -0.2) is 9.59 Å². The minimum Gasteiger partial charge on any atom is -0.480 e. The van der Waals surface area contributed by atoms with Crippen molar-refractivity contribution in [2.24, 2.45) is 0 Å². The number of carboxylic acid groups (broad SMARTS) is 1. The summed E-state index contributed by atoms with van der Waals surface area (Å²) >= 11 is 2.78. The molecule has 0 saturated carbocycles. The Bertz CT molecular complexity index is 549. The van der Waals surface area contributed by atoms with Gasteiger partial charge in [-0.05, 0) is 24.6 Å². The second-order valence-electron chi connectivity index (χ2n) is 4.09. The topological polar surface area (TPSA) is 78.4 Å². The normalized spacial score (nSPS) is 12.6. The van der Waals surface area contributed by atoms with E-state index >= 15 is 0 Å². The summed E-state index contributed by atoms with van der Waals surface area (Å²) in [4.78, 5) is 22.3. The van der Waals surface area contributed by atoms with E-state index < -0.39 is 29.8 Å². The molecular formula is C12H12BrF3N2O3. The zero-order valence-electron chi connectivity index (χ0n) is 10.8. The molecule has 2 amide bonds. The highest BCUT2D eigenvalue weighted by Crippen LogP contribution is 2.36. The van der Waals surface area contributed by atoms with Crippen LogP contribution in [-0.4, -0.2) is 23.1 Å². The van der Waals surface area contributed by atoms with E-state index in [4.69, 9.17) is 5.11 Å². The molecule has 5 nitrogen and oxygen atoms in total. The predicted molar refractivity (Wildman–Crippen MR) is 73.0 cm³/mol. The molecule has 0 saturated heterocycles. The van der Waals surface area contributed by atoms with Gasteiger partial charge in [0.15, 0.2) is 0 Å². The Hall–Kier alpha value is -1.77. The molecule has 0 spiro atoms. The molecule has 0 aliphatic heterocycles. The van der Waals surface area contributed by atoms with Crippen LogP contribution in [-0.2, 0) is 11.0 Å². The maximum atomic E-state index is 12.7. The molecule has 3 N–H and O–H groups in total. The highest BCUT2D eigenvalue weighted by atomic mass is 79.9. The van der Waals surface area contributed by atoms with Crippen LogP contribution in [0.3, 0.4) is 0 Å². The largest absolute Gasteiger partial charge is 0.480 e. The minimum atomic E-state index is -4.57. The van der Waals surface area contributed by atoms with Crippen molar-refractivity contribution in [2.45, 2.75) is 25.6 Å². The van der Waals surface area contributed by atoms with Gasteiger partial charge in [0, 0.05) is 10.2 Å². The van der Waals surface area contributed by atoms with E-state index in [0.29, 0.717) is 0 Å². The molecule has 0 aliphatic carbocycles. The molecule has 21 heavy (non-hydrogen) atoms. The number of aliphatic carboxylic acids is 1. The van der Waals surface area contributed by atoms with E-state index in [2.05, 4.69) is 26.6 Å². The maximum Gasteiger partial charge on any atom is 0.417 e. The van der Waals surface area contributed by atoms with Crippen molar-refractivity contribution in [1.82, 2.24) is 5.32 Å². The average molecular weight is 369 g/mol. The standard InChI is InChI=1S/C12H12BrF3N2O3/c1-2-9(10(19)20)18-11(21)17-6-3-4-8(13)7(5-6)12(14,15)16/h3-5,9H,2H2,1H3,(H,19,20)(H2,17,18,21)/t9-/m1/s1. The molecular weight excluding hydrogens is 357 g/mol. The van der Waals surface area contributed by atoms with E-state index in [1.807, 2.05) is 0 Å². The van der Waals surface area contributed by atoms with Crippen molar-refractivity contribution in [1.29, 1.82) is 0 Å². The number of halogens is 4. The summed E-state index contributed by atoms with van der Waals surface area (Å²) in [5.41, 5.74) is -1.03. The van der Waals surface area contributed by atoms with Gasteiger partial charge in [0.05, 0.1) is 5.56 Å². The Kier molecular flexibility index (Phi) is 5.59. The van der Waals surface area contributed by atoms with Crippen LogP contribution in [0.4, 0.5) is 23.7 Å². The minimum absolute atomic E-state index is 0.0942. The Morgan fingerprint density at radius 2 is 2.00 bits per heavy atom. The zero-order valence-corrected chi connectivity index (χ0v) is 12.4.